The number of halogens is 9. The largest absolute Gasteiger partial charge is 0.453 e. The van der Waals surface area contributed by atoms with Crippen LogP contribution in [-0.2, 0) is 0 Å². The lowest BCUT2D eigenvalue weighted by atomic mass is 9.95. The molecule has 0 unspecified atom stereocenters. The lowest BCUT2D eigenvalue weighted by molar-refractivity contribution is 0.413. The Balaban J connectivity index is 1.97. The lowest BCUT2D eigenvalue weighted by Crippen LogP contribution is -2.19. The van der Waals surface area contributed by atoms with Crippen LogP contribution in [-0.4, -0.2) is 0 Å². The van der Waals surface area contributed by atoms with E-state index in [-0.39, 0.29) is 22.9 Å². The molecule has 0 atom stereocenters. The van der Waals surface area contributed by atoms with E-state index in [0.29, 0.717) is 0 Å². The topological polar surface area (TPSA) is 12.5 Å². The second-order valence-corrected chi connectivity index (χ2v) is 8.05. The van der Waals surface area contributed by atoms with E-state index in [2.05, 4.69) is 0 Å². The third kappa shape index (κ3) is 2.90. The smallest absolute Gasteiger partial charge is 0.198 e. The maximum atomic E-state index is 15.5. The van der Waals surface area contributed by atoms with Gasteiger partial charge in [-0.2, -0.15) is 0 Å². The van der Waals surface area contributed by atoms with Crippen molar-refractivity contribution in [1.29, 1.82) is 0 Å². The molecule has 5 aromatic rings. The molecule has 0 amide bonds. The number of benzene rings is 5. The molecule has 0 radical (unpaired) electrons. The third-order valence-electron chi connectivity index (χ3n) is 6.10. The van der Waals surface area contributed by atoms with Crippen molar-refractivity contribution in [3.8, 4) is 11.5 Å². The number of para-hydroxylation sites is 4. The summed E-state index contributed by atoms with van der Waals surface area (Å²) in [7, 11) is 0. The van der Waals surface area contributed by atoms with E-state index < -0.39 is 79.6 Å². The maximum absolute atomic E-state index is 15.5. The van der Waals surface area contributed by atoms with Gasteiger partial charge in [-0.05, 0) is 24.3 Å². The normalized spacial score (nSPS) is 12.6. The first-order chi connectivity index (χ1) is 17.6. The second kappa shape index (κ2) is 7.79. The Morgan fingerprint density at radius 3 is 1.16 bits per heavy atom. The minimum absolute atomic E-state index is 0.0266. The second-order valence-electron chi connectivity index (χ2n) is 8.05. The quantitative estimate of drug-likeness (QED) is 0.0928. The van der Waals surface area contributed by atoms with E-state index >= 15 is 13.2 Å². The zero-order valence-corrected chi connectivity index (χ0v) is 17.9. The zero-order valence-electron chi connectivity index (χ0n) is 17.9. The van der Waals surface area contributed by atoms with Gasteiger partial charge in [0.15, 0.2) is 58.0 Å². The summed E-state index contributed by atoms with van der Waals surface area (Å²) in [4.78, 5) is 0.915. The Morgan fingerprint density at radius 2 is 0.757 bits per heavy atom. The summed E-state index contributed by atoms with van der Waals surface area (Å²) in [6, 6.07) is 11.4. The van der Waals surface area contributed by atoms with Crippen LogP contribution in [0.1, 0.15) is 0 Å². The van der Waals surface area contributed by atoms with Crippen LogP contribution in [0.25, 0.3) is 21.5 Å². The molecule has 6 rings (SSSR count). The molecule has 1 heterocycles. The summed E-state index contributed by atoms with van der Waals surface area (Å²) in [6.45, 7) is 0. The molecule has 0 fully saturated rings. The molecule has 0 saturated heterocycles. The highest BCUT2D eigenvalue weighted by atomic mass is 19.2. The summed E-state index contributed by atoms with van der Waals surface area (Å²) in [5.74, 6) is -20.7. The highest BCUT2D eigenvalue weighted by Crippen LogP contribution is 2.55. The molecule has 37 heavy (non-hydrogen) atoms. The number of nitrogens with zero attached hydrogens (tertiary/aromatic N) is 1. The van der Waals surface area contributed by atoms with Gasteiger partial charge in [0.1, 0.15) is 5.82 Å². The summed E-state index contributed by atoms with van der Waals surface area (Å²) in [5, 5.41) is -6.02. The van der Waals surface area contributed by atoms with Crippen molar-refractivity contribution in [2.45, 2.75) is 0 Å². The minimum atomic E-state index is -2.44. The number of anilines is 3. The summed E-state index contributed by atoms with van der Waals surface area (Å²) >= 11 is 0. The molecule has 0 bridgehead atoms. The van der Waals surface area contributed by atoms with Crippen LogP contribution in [0.4, 0.5) is 56.6 Å². The van der Waals surface area contributed by atoms with Crippen LogP contribution in [0.3, 0.4) is 0 Å². The average Bonchev–Trinajstić information content (AvgIpc) is 2.90. The molecule has 0 saturated carbocycles. The Hall–Kier alpha value is -4.41. The molecule has 11 heteroatoms. The Morgan fingerprint density at radius 1 is 0.405 bits per heavy atom. The highest BCUT2D eigenvalue weighted by Gasteiger charge is 2.37. The van der Waals surface area contributed by atoms with Gasteiger partial charge in [-0.25, -0.2) is 39.5 Å². The van der Waals surface area contributed by atoms with Crippen LogP contribution in [0.2, 0.25) is 0 Å². The van der Waals surface area contributed by atoms with Crippen LogP contribution in [0.15, 0.2) is 48.5 Å². The molecule has 0 N–H and O–H groups in total. The van der Waals surface area contributed by atoms with E-state index in [9.17, 15) is 26.3 Å². The van der Waals surface area contributed by atoms with Crippen LogP contribution >= 0.6 is 0 Å². The minimum Gasteiger partial charge on any atom is -0.453 e. The van der Waals surface area contributed by atoms with Gasteiger partial charge in [-0.1, -0.05) is 24.3 Å². The van der Waals surface area contributed by atoms with Gasteiger partial charge >= 0.3 is 0 Å². The fourth-order valence-corrected chi connectivity index (χ4v) is 4.54. The maximum Gasteiger partial charge on any atom is 0.198 e. The number of hydrogen-bond acceptors (Lipinski definition) is 2. The van der Waals surface area contributed by atoms with Crippen LogP contribution in [0.5, 0.6) is 11.5 Å². The Labute approximate surface area is 200 Å². The number of hydrogen-bond donors (Lipinski definition) is 0. The van der Waals surface area contributed by atoms with Gasteiger partial charge in [-0.15, -0.1) is 0 Å². The summed E-state index contributed by atoms with van der Waals surface area (Å²) < 4.78 is 139. The van der Waals surface area contributed by atoms with Crippen LogP contribution in [0, 0.1) is 52.4 Å². The Bertz CT molecular complexity index is 1690. The van der Waals surface area contributed by atoms with E-state index in [0.717, 1.165) is 4.90 Å². The van der Waals surface area contributed by atoms with Crippen molar-refractivity contribution in [2.24, 2.45) is 0 Å². The van der Waals surface area contributed by atoms with Crippen molar-refractivity contribution in [3.63, 3.8) is 0 Å². The van der Waals surface area contributed by atoms with Crippen molar-refractivity contribution in [3.05, 3.63) is 101 Å². The zero-order chi connectivity index (χ0) is 26.3. The predicted octanol–water partition coefficient (Wildman–Crippen LogP) is 8.82. The fraction of sp³-hybridized carbons (Fsp3) is 0. The molecular formula is C26H8F9NO. The molecule has 2 nitrogen and oxygen atoms in total. The molecule has 0 aliphatic carbocycles. The number of rotatable bonds is 1. The van der Waals surface area contributed by atoms with Gasteiger partial charge in [0.2, 0.25) is 0 Å². The first-order valence-corrected chi connectivity index (χ1v) is 10.4. The molecule has 1 aliphatic rings. The molecule has 0 aromatic heterocycles. The van der Waals surface area contributed by atoms with Gasteiger partial charge in [-0.3, -0.25) is 0 Å². The standard InChI is InChI=1S/C26H8F9NO/c27-17-13-15(20(30)24(34)22(32)18(13)28)26(16-14(17)19(29)23(33)25(35)21(16)31)36-9-5-1-3-7-11(9)37-12-8-4-2-6-10(12)36/h1-8H. The lowest BCUT2D eigenvalue weighted by Gasteiger charge is -2.34. The van der Waals surface area contributed by atoms with Gasteiger partial charge < -0.3 is 9.64 Å². The molecule has 0 spiro atoms. The van der Waals surface area contributed by atoms with Gasteiger partial charge in [0.25, 0.3) is 0 Å². The number of fused-ring (bicyclic) bond motifs is 4. The molecule has 5 aromatic carbocycles. The monoisotopic (exact) mass is 521 g/mol. The predicted molar refractivity (Wildman–Crippen MR) is 116 cm³/mol. The summed E-state index contributed by atoms with van der Waals surface area (Å²) in [5.41, 5.74) is -1.12. The van der Waals surface area contributed by atoms with Gasteiger partial charge in [0, 0.05) is 0 Å². The SMILES string of the molecule is Fc1c(F)c(F)c2c(N3c4ccccc4Oc4ccccc43)c3c(F)c(F)c(F)c(F)c3c(F)c2c1F. The van der Waals surface area contributed by atoms with E-state index in [4.69, 9.17) is 4.74 Å². The number of ether oxygens (including phenoxy) is 1. The summed E-state index contributed by atoms with van der Waals surface area (Å²) in [6.07, 6.45) is 0. The molecular weight excluding hydrogens is 513 g/mol. The molecule has 1 aliphatic heterocycles. The van der Waals surface area contributed by atoms with Crippen LogP contribution < -0.4 is 9.64 Å². The van der Waals surface area contributed by atoms with Crippen molar-refractivity contribution >= 4 is 38.6 Å². The first kappa shape index (κ1) is 23.0. The fourth-order valence-electron chi connectivity index (χ4n) is 4.54. The van der Waals surface area contributed by atoms with Crippen molar-refractivity contribution in [2.75, 3.05) is 4.90 Å². The average molecular weight is 521 g/mol. The highest BCUT2D eigenvalue weighted by molar-refractivity contribution is 6.16. The van der Waals surface area contributed by atoms with Crippen molar-refractivity contribution < 1.29 is 44.3 Å². The first-order valence-electron chi connectivity index (χ1n) is 10.4. The van der Waals surface area contributed by atoms with E-state index in [1.54, 1.807) is 0 Å². The Kier molecular flexibility index (Phi) is 4.85. The van der Waals surface area contributed by atoms with Gasteiger partial charge in [0.05, 0.1) is 38.6 Å². The van der Waals surface area contributed by atoms with E-state index in [1.807, 2.05) is 0 Å². The van der Waals surface area contributed by atoms with E-state index in [1.165, 1.54) is 48.5 Å². The molecule has 186 valence electrons. The third-order valence-corrected chi connectivity index (χ3v) is 6.10. The van der Waals surface area contributed by atoms with Crippen molar-refractivity contribution in [1.82, 2.24) is 0 Å².